The van der Waals surface area contributed by atoms with Gasteiger partial charge in [-0.25, -0.2) is 4.98 Å². The fourth-order valence-electron chi connectivity index (χ4n) is 2.36. The number of carbonyl (C=O) groups excluding carboxylic acids is 1. The summed E-state index contributed by atoms with van der Waals surface area (Å²) in [6, 6.07) is 10.3. The van der Waals surface area contributed by atoms with Gasteiger partial charge >= 0.3 is 0 Å². The van der Waals surface area contributed by atoms with Crippen molar-refractivity contribution in [3.05, 3.63) is 52.5 Å². The van der Waals surface area contributed by atoms with E-state index >= 15 is 0 Å². The average Bonchev–Trinajstić information content (AvgIpc) is 3.09. The van der Waals surface area contributed by atoms with E-state index in [1.807, 2.05) is 29.1 Å². The minimum atomic E-state index is 0.165. The predicted octanol–water partition coefficient (Wildman–Crippen LogP) is 2.61. The number of carbonyl (C=O) groups is 1. The lowest BCUT2D eigenvalue weighted by Crippen LogP contribution is -2.27. The summed E-state index contributed by atoms with van der Waals surface area (Å²) in [5, 5.41) is 5.03. The van der Waals surface area contributed by atoms with Crippen LogP contribution in [0.5, 0.6) is 0 Å². The monoisotopic (exact) mass is 272 g/mol. The Morgan fingerprint density at radius 2 is 2.21 bits per heavy atom. The van der Waals surface area contributed by atoms with E-state index in [1.165, 1.54) is 5.56 Å². The highest BCUT2D eigenvalue weighted by Crippen LogP contribution is 2.47. The summed E-state index contributed by atoms with van der Waals surface area (Å²) in [5.74, 6) is 0.766. The molecule has 1 aromatic heterocycles. The van der Waals surface area contributed by atoms with Gasteiger partial charge in [0.15, 0.2) is 0 Å². The highest BCUT2D eigenvalue weighted by molar-refractivity contribution is 7.07. The molecule has 4 heteroatoms. The molecule has 1 saturated carbocycles. The van der Waals surface area contributed by atoms with E-state index in [-0.39, 0.29) is 11.8 Å². The quantitative estimate of drug-likeness (QED) is 0.909. The van der Waals surface area contributed by atoms with Gasteiger partial charge in [-0.15, -0.1) is 11.3 Å². The topological polar surface area (TPSA) is 42.0 Å². The van der Waals surface area contributed by atoms with Crippen LogP contribution >= 0.6 is 11.3 Å². The molecule has 3 nitrogen and oxygen atoms in total. The molecular formula is C15H16N2OS. The SMILES string of the molecule is O=C(NCCc1cscn1)[C@@H]1C[C@@H]1c1ccccc1. The second-order valence-electron chi connectivity index (χ2n) is 4.88. The minimum Gasteiger partial charge on any atom is -0.355 e. The van der Waals surface area contributed by atoms with E-state index < -0.39 is 0 Å². The van der Waals surface area contributed by atoms with Crippen molar-refractivity contribution in [2.24, 2.45) is 5.92 Å². The van der Waals surface area contributed by atoms with Crippen LogP contribution in [0.25, 0.3) is 0 Å². The Labute approximate surface area is 116 Å². The van der Waals surface area contributed by atoms with Crippen LogP contribution in [0.4, 0.5) is 0 Å². The molecule has 1 aliphatic carbocycles. The summed E-state index contributed by atoms with van der Waals surface area (Å²) < 4.78 is 0. The normalized spacial score (nSPS) is 21.1. The lowest BCUT2D eigenvalue weighted by atomic mass is 10.1. The molecule has 2 atom stereocenters. The molecule has 1 N–H and O–H groups in total. The smallest absolute Gasteiger partial charge is 0.223 e. The van der Waals surface area contributed by atoms with E-state index in [9.17, 15) is 4.79 Å². The Morgan fingerprint density at radius 3 is 2.95 bits per heavy atom. The molecule has 0 bridgehead atoms. The number of thiazole rings is 1. The van der Waals surface area contributed by atoms with E-state index in [0.29, 0.717) is 12.5 Å². The van der Waals surface area contributed by atoms with E-state index in [4.69, 9.17) is 0 Å². The van der Waals surface area contributed by atoms with Gasteiger partial charge in [-0.3, -0.25) is 4.79 Å². The zero-order valence-electron chi connectivity index (χ0n) is 10.6. The number of rotatable bonds is 5. The molecule has 1 aromatic carbocycles. The molecule has 19 heavy (non-hydrogen) atoms. The maximum Gasteiger partial charge on any atom is 0.223 e. The molecule has 0 aliphatic heterocycles. The van der Waals surface area contributed by atoms with Crippen LogP contribution < -0.4 is 5.32 Å². The zero-order valence-corrected chi connectivity index (χ0v) is 11.4. The van der Waals surface area contributed by atoms with Gasteiger partial charge in [0.2, 0.25) is 5.91 Å². The number of nitrogens with one attached hydrogen (secondary N) is 1. The maximum atomic E-state index is 12.0. The zero-order chi connectivity index (χ0) is 13.1. The van der Waals surface area contributed by atoms with Gasteiger partial charge in [0.25, 0.3) is 0 Å². The Kier molecular flexibility index (Phi) is 3.60. The molecule has 1 fully saturated rings. The molecule has 98 valence electrons. The highest BCUT2D eigenvalue weighted by atomic mass is 32.1. The van der Waals surface area contributed by atoms with E-state index in [1.54, 1.807) is 11.3 Å². The molecule has 1 amide bonds. The van der Waals surface area contributed by atoms with Crippen molar-refractivity contribution in [3.63, 3.8) is 0 Å². The van der Waals surface area contributed by atoms with Crippen molar-refractivity contribution in [3.8, 4) is 0 Å². The molecule has 0 saturated heterocycles. The predicted molar refractivity (Wildman–Crippen MR) is 76.1 cm³/mol. The van der Waals surface area contributed by atoms with E-state index in [0.717, 1.165) is 18.5 Å². The van der Waals surface area contributed by atoms with Crippen LogP contribution in [0.2, 0.25) is 0 Å². The van der Waals surface area contributed by atoms with Crippen molar-refractivity contribution < 1.29 is 4.79 Å². The van der Waals surface area contributed by atoms with Crippen LogP contribution in [0, 0.1) is 5.92 Å². The third kappa shape index (κ3) is 3.01. The van der Waals surface area contributed by atoms with Crippen LogP contribution in [0.1, 0.15) is 23.6 Å². The minimum absolute atomic E-state index is 0.165. The van der Waals surface area contributed by atoms with Gasteiger partial charge in [-0.05, 0) is 17.9 Å². The second-order valence-corrected chi connectivity index (χ2v) is 5.60. The van der Waals surface area contributed by atoms with Crippen molar-refractivity contribution >= 4 is 17.2 Å². The third-order valence-corrected chi connectivity index (χ3v) is 4.15. The summed E-state index contributed by atoms with van der Waals surface area (Å²) in [6.45, 7) is 0.681. The highest BCUT2D eigenvalue weighted by Gasteiger charge is 2.43. The standard InChI is InChI=1S/C15H16N2OS/c18-15(16-7-6-12-9-19-10-17-12)14-8-13(14)11-4-2-1-3-5-11/h1-5,9-10,13-14H,6-8H2,(H,16,18)/t13-,14-/m1/s1. The number of amides is 1. The van der Waals surface area contributed by atoms with Gasteiger partial charge in [0.1, 0.15) is 0 Å². The Bertz CT molecular complexity index is 539. The molecular weight excluding hydrogens is 256 g/mol. The number of nitrogens with zero attached hydrogens (tertiary/aromatic N) is 1. The van der Waals surface area contributed by atoms with Crippen LogP contribution in [-0.2, 0) is 11.2 Å². The van der Waals surface area contributed by atoms with Gasteiger partial charge < -0.3 is 5.32 Å². The summed E-state index contributed by atoms with van der Waals surface area (Å²) >= 11 is 1.59. The number of hydrogen-bond acceptors (Lipinski definition) is 3. The van der Waals surface area contributed by atoms with Gasteiger partial charge in [0, 0.05) is 24.3 Å². The molecule has 0 spiro atoms. The molecule has 0 radical (unpaired) electrons. The molecule has 1 heterocycles. The average molecular weight is 272 g/mol. The summed E-state index contributed by atoms with van der Waals surface area (Å²) in [6.07, 6.45) is 1.80. The first-order valence-corrected chi connectivity index (χ1v) is 7.48. The lowest BCUT2D eigenvalue weighted by Gasteiger charge is -2.03. The maximum absolute atomic E-state index is 12.0. The summed E-state index contributed by atoms with van der Waals surface area (Å²) in [4.78, 5) is 16.2. The lowest BCUT2D eigenvalue weighted by molar-refractivity contribution is -0.122. The first-order valence-electron chi connectivity index (χ1n) is 6.54. The molecule has 2 aromatic rings. The first-order chi connectivity index (χ1) is 9.34. The van der Waals surface area contributed by atoms with Crippen molar-refractivity contribution in [2.45, 2.75) is 18.8 Å². The van der Waals surface area contributed by atoms with Crippen molar-refractivity contribution in [2.75, 3.05) is 6.54 Å². The Balaban J connectivity index is 1.45. The number of aromatic nitrogens is 1. The fourth-order valence-corrected chi connectivity index (χ4v) is 2.95. The van der Waals surface area contributed by atoms with Crippen LogP contribution in [0.3, 0.4) is 0 Å². The van der Waals surface area contributed by atoms with Gasteiger partial charge in [-0.1, -0.05) is 30.3 Å². The van der Waals surface area contributed by atoms with Gasteiger partial charge in [0.05, 0.1) is 11.2 Å². The number of hydrogen-bond donors (Lipinski definition) is 1. The van der Waals surface area contributed by atoms with Gasteiger partial charge in [-0.2, -0.15) is 0 Å². The molecule has 3 rings (SSSR count). The van der Waals surface area contributed by atoms with Crippen molar-refractivity contribution in [1.82, 2.24) is 10.3 Å². The van der Waals surface area contributed by atoms with Crippen molar-refractivity contribution in [1.29, 1.82) is 0 Å². The van der Waals surface area contributed by atoms with E-state index in [2.05, 4.69) is 22.4 Å². The summed E-state index contributed by atoms with van der Waals surface area (Å²) in [7, 11) is 0. The number of benzene rings is 1. The van der Waals surface area contributed by atoms with Crippen LogP contribution in [-0.4, -0.2) is 17.4 Å². The first kappa shape index (κ1) is 12.4. The second kappa shape index (κ2) is 5.53. The molecule has 0 unspecified atom stereocenters. The summed E-state index contributed by atoms with van der Waals surface area (Å²) in [5.41, 5.74) is 4.16. The molecule has 1 aliphatic rings. The largest absolute Gasteiger partial charge is 0.355 e. The fraction of sp³-hybridized carbons (Fsp3) is 0.333. The van der Waals surface area contributed by atoms with Crippen LogP contribution in [0.15, 0.2) is 41.2 Å². The Morgan fingerprint density at radius 1 is 1.37 bits per heavy atom. The third-order valence-electron chi connectivity index (χ3n) is 3.52. The Hall–Kier alpha value is -1.68.